The number of methoxy groups -OCH3 is 1. The first-order valence-corrected chi connectivity index (χ1v) is 7.76. The van der Waals surface area contributed by atoms with Gasteiger partial charge in [0.25, 0.3) is 0 Å². The monoisotopic (exact) mass is 337 g/mol. The number of nitrogens with zero attached hydrogens (tertiary/aromatic N) is 3. The van der Waals surface area contributed by atoms with E-state index in [0.717, 1.165) is 5.69 Å². The van der Waals surface area contributed by atoms with Gasteiger partial charge in [0.1, 0.15) is 5.60 Å². The minimum absolute atomic E-state index is 0.0652. The molecule has 8 nitrogen and oxygen atoms in total. The van der Waals surface area contributed by atoms with Crippen LogP contribution in [0, 0.1) is 10.1 Å². The van der Waals surface area contributed by atoms with Crippen LogP contribution in [0.25, 0.3) is 0 Å². The largest absolute Gasteiger partial charge is 0.490 e. The molecule has 1 aromatic carbocycles. The fourth-order valence-electron chi connectivity index (χ4n) is 2.49. The van der Waals surface area contributed by atoms with Gasteiger partial charge in [0.2, 0.25) is 0 Å². The van der Waals surface area contributed by atoms with Crippen LogP contribution in [-0.2, 0) is 4.74 Å². The molecule has 1 aliphatic rings. The lowest BCUT2D eigenvalue weighted by Crippen LogP contribution is -2.50. The minimum Gasteiger partial charge on any atom is -0.490 e. The number of benzene rings is 1. The molecule has 0 bridgehead atoms. The quantitative estimate of drug-likeness (QED) is 0.623. The van der Waals surface area contributed by atoms with Gasteiger partial charge in [-0.15, -0.1) is 0 Å². The fraction of sp³-hybridized carbons (Fsp3) is 0.562. The van der Waals surface area contributed by atoms with Crippen molar-refractivity contribution in [1.82, 2.24) is 4.90 Å². The molecule has 2 rings (SSSR count). The number of nitro benzene ring substituents is 1. The maximum Gasteiger partial charge on any atom is 0.410 e. The summed E-state index contributed by atoms with van der Waals surface area (Å²) >= 11 is 0. The van der Waals surface area contributed by atoms with Crippen LogP contribution in [0.3, 0.4) is 0 Å². The third-order valence-electron chi connectivity index (χ3n) is 3.66. The van der Waals surface area contributed by atoms with E-state index in [1.807, 2.05) is 25.7 Å². The topological polar surface area (TPSA) is 85.2 Å². The van der Waals surface area contributed by atoms with E-state index in [1.54, 1.807) is 17.0 Å². The third-order valence-corrected chi connectivity index (χ3v) is 3.66. The summed E-state index contributed by atoms with van der Waals surface area (Å²) in [6.45, 7) is 7.68. The summed E-state index contributed by atoms with van der Waals surface area (Å²) in [6, 6.07) is 4.88. The van der Waals surface area contributed by atoms with Crippen LogP contribution in [0.4, 0.5) is 16.2 Å². The van der Waals surface area contributed by atoms with E-state index in [1.165, 1.54) is 13.2 Å². The Morgan fingerprint density at radius 3 is 2.33 bits per heavy atom. The Morgan fingerprint density at radius 2 is 1.83 bits per heavy atom. The summed E-state index contributed by atoms with van der Waals surface area (Å²) in [7, 11) is 1.40. The second-order valence-electron chi connectivity index (χ2n) is 6.57. The molecular weight excluding hydrogens is 314 g/mol. The Kier molecular flexibility index (Phi) is 5.16. The highest BCUT2D eigenvalue weighted by molar-refractivity contribution is 5.69. The molecule has 0 radical (unpaired) electrons. The number of carbonyl (C=O) groups excluding carboxylic acids is 1. The lowest BCUT2D eigenvalue weighted by atomic mass is 10.2. The van der Waals surface area contributed by atoms with Crippen molar-refractivity contribution >= 4 is 17.5 Å². The Labute approximate surface area is 141 Å². The van der Waals surface area contributed by atoms with Crippen molar-refractivity contribution in [3.05, 3.63) is 28.3 Å². The van der Waals surface area contributed by atoms with Gasteiger partial charge in [-0.3, -0.25) is 10.1 Å². The maximum atomic E-state index is 12.1. The Bertz CT molecular complexity index is 619. The van der Waals surface area contributed by atoms with Gasteiger partial charge in [-0.1, -0.05) is 0 Å². The number of anilines is 1. The van der Waals surface area contributed by atoms with Gasteiger partial charge < -0.3 is 19.3 Å². The van der Waals surface area contributed by atoms with Crippen molar-refractivity contribution in [2.75, 3.05) is 38.2 Å². The molecule has 0 saturated carbocycles. The standard InChI is InChI=1S/C16H23N3O5/c1-16(2,3)24-15(20)18-9-7-17(8-10-18)12-5-6-14(23-4)13(11-12)19(21)22/h5-6,11H,7-10H2,1-4H3. The average Bonchev–Trinajstić information content (AvgIpc) is 2.52. The van der Waals surface area contributed by atoms with Crippen molar-refractivity contribution < 1.29 is 19.2 Å². The fourth-order valence-corrected chi connectivity index (χ4v) is 2.49. The van der Waals surface area contributed by atoms with E-state index in [9.17, 15) is 14.9 Å². The zero-order valence-corrected chi connectivity index (χ0v) is 14.4. The Morgan fingerprint density at radius 1 is 1.21 bits per heavy atom. The van der Waals surface area contributed by atoms with Gasteiger partial charge in [0, 0.05) is 37.9 Å². The second-order valence-corrected chi connectivity index (χ2v) is 6.57. The molecule has 0 aromatic heterocycles. The van der Waals surface area contributed by atoms with Crippen molar-refractivity contribution in [3.8, 4) is 5.75 Å². The molecule has 1 fully saturated rings. The first-order valence-electron chi connectivity index (χ1n) is 7.76. The molecule has 1 saturated heterocycles. The second kappa shape index (κ2) is 6.94. The molecule has 24 heavy (non-hydrogen) atoms. The number of rotatable bonds is 3. The van der Waals surface area contributed by atoms with Crippen LogP contribution in [0.5, 0.6) is 5.75 Å². The van der Waals surface area contributed by atoms with E-state index in [4.69, 9.17) is 9.47 Å². The number of amides is 1. The number of hydrogen-bond acceptors (Lipinski definition) is 6. The van der Waals surface area contributed by atoms with Gasteiger partial charge in [0.05, 0.1) is 12.0 Å². The van der Waals surface area contributed by atoms with Gasteiger partial charge in [-0.05, 0) is 32.9 Å². The molecule has 0 aliphatic carbocycles. The predicted molar refractivity (Wildman–Crippen MR) is 89.7 cm³/mol. The van der Waals surface area contributed by atoms with Crippen LogP contribution in [0.2, 0.25) is 0 Å². The van der Waals surface area contributed by atoms with Crippen LogP contribution in [0.1, 0.15) is 20.8 Å². The SMILES string of the molecule is COc1ccc(N2CCN(C(=O)OC(C)(C)C)CC2)cc1[N+](=O)[O-]. The lowest BCUT2D eigenvalue weighted by molar-refractivity contribution is -0.385. The summed E-state index contributed by atoms with van der Waals surface area (Å²) in [6.07, 6.45) is -0.331. The van der Waals surface area contributed by atoms with E-state index in [2.05, 4.69) is 0 Å². The molecule has 0 spiro atoms. The van der Waals surface area contributed by atoms with E-state index in [-0.39, 0.29) is 17.5 Å². The first kappa shape index (κ1) is 17.8. The zero-order chi connectivity index (χ0) is 17.9. The van der Waals surface area contributed by atoms with Gasteiger partial charge in [-0.25, -0.2) is 4.79 Å². The number of nitro groups is 1. The van der Waals surface area contributed by atoms with Gasteiger partial charge in [0.15, 0.2) is 5.75 Å². The molecule has 1 aliphatic heterocycles. The molecule has 1 heterocycles. The molecule has 1 amide bonds. The highest BCUT2D eigenvalue weighted by atomic mass is 16.6. The van der Waals surface area contributed by atoms with Crippen molar-refractivity contribution in [2.24, 2.45) is 0 Å². The summed E-state index contributed by atoms with van der Waals surface area (Å²) in [5.41, 5.74) is 0.154. The maximum absolute atomic E-state index is 12.1. The van der Waals surface area contributed by atoms with Crippen molar-refractivity contribution in [2.45, 2.75) is 26.4 Å². The summed E-state index contributed by atoms with van der Waals surface area (Å²) in [5, 5.41) is 11.1. The Hall–Kier alpha value is -2.51. The molecule has 0 N–H and O–H groups in total. The minimum atomic E-state index is -0.523. The van der Waals surface area contributed by atoms with E-state index in [0.29, 0.717) is 26.2 Å². The highest BCUT2D eigenvalue weighted by Gasteiger charge is 2.27. The first-order chi connectivity index (χ1) is 11.2. The summed E-state index contributed by atoms with van der Waals surface area (Å²) in [5.74, 6) is 0.233. The summed E-state index contributed by atoms with van der Waals surface area (Å²) in [4.78, 5) is 26.4. The molecule has 0 unspecified atom stereocenters. The molecular formula is C16H23N3O5. The van der Waals surface area contributed by atoms with Crippen LogP contribution >= 0.6 is 0 Å². The highest BCUT2D eigenvalue weighted by Crippen LogP contribution is 2.31. The molecule has 0 atom stereocenters. The smallest absolute Gasteiger partial charge is 0.410 e. The van der Waals surface area contributed by atoms with Crippen LogP contribution in [-0.4, -0.2) is 54.8 Å². The molecule has 8 heteroatoms. The summed E-state index contributed by atoms with van der Waals surface area (Å²) < 4.78 is 10.4. The predicted octanol–water partition coefficient (Wildman–Crippen LogP) is 2.66. The Balaban J connectivity index is 2.03. The van der Waals surface area contributed by atoms with E-state index < -0.39 is 10.5 Å². The van der Waals surface area contributed by atoms with Crippen molar-refractivity contribution in [1.29, 1.82) is 0 Å². The zero-order valence-electron chi connectivity index (χ0n) is 14.4. The van der Waals surface area contributed by atoms with Gasteiger partial charge in [-0.2, -0.15) is 0 Å². The van der Waals surface area contributed by atoms with Gasteiger partial charge >= 0.3 is 11.8 Å². The number of carbonyl (C=O) groups is 1. The van der Waals surface area contributed by atoms with E-state index >= 15 is 0 Å². The van der Waals surface area contributed by atoms with Crippen LogP contribution < -0.4 is 9.64 Å². The van der Waals surface area contributed by atoms with Crippen LogP contribution in [0.15, 0.2) is 18.2 Å². The molecule has 132 valence electrons. The van der Waals surface area contributed by atoms with Crippen molar-refractivity contribution in [3.63, 3.8) is 0 Å². The number of piperazine rings is 1. The number of hydrogen-bond donors (Lipinski definition) is 0. The molecule has 1 aromatic rings. The third kappa shape index (κ3) is 4.27. The number of ether oxygens (including phenoxy) is 2. The average molecular weight is 337 g/mol. The lowest BCUT2D eigenvalue weighted by Gasteiger charge is -2.36. The normalized spacial score (nSPS) is 15.2.